The van der Waals surface area contributed by atoms with E-state index in [1.54, 1.807) is 6.92 Å². The van der Waals surface area contributed by atoms with Gasteiger partial charge in [0.1, 0.15) is 0 Å². The molecule has 1 aliphatic rings. The Morgan fingerprint density at radius 3 is 2.81 bits per heavy atom. The maximum atomic E-state index is 12.1. The van der Waals surface area contributed by atoms with Crippen molar-refractivity contribution in [3.63, 3.8) is 0 Å². The van der Waals surface area contributed by atoms with Crippen molar-refractivity contribution in [2.24, 2.45) is 0 Å². The van der Waals surface area contributed by atoms with Crippen LogP contribution < -0.4 is 0 Å². The summed E-state index contributed by atoms with van der Waals surface area (Å²) in [6.45, 7) is 6.41. The highest BCUT2D eigenvalue weighted by Crippen LogP contribution is 2.18. The Hall–Kier alpha value is -1.78. The van der Waals surface area contributed by atoms with Gasteiger partial charge in [-0.1, -0.05) is 12.1 Å². The largest absolute Gasteiger partial charge is 0.339 e. The molecule has 9 nitrogen and oxygen atoms in total. The highest BCUT2D eigenvalue weighted by Gasteiger charge is 2.26. The van der Waals surface area contributed by atoms with E-state index in [9.17, 15) is 8.42 Å². The average molecular weight is 382 g/mol. The molecular formula is C16H26N6O3S. The van der Waals surface area contributed by atoms with Crippen molar-refractivity contribution >= 4 is 10.0 Å². The first kappa shape index (κ1) is 19.0. The lowest BCUT2D eigenvalue weighted by Gasteiger charge is -2.26. The molecule has 0 bridgehead atoms. The van der Waals surface area contributed by atoms with Gasteiger partial charge in [-0.25, -0.2) is 8.42 Å². The zero-order valence-electron chi connectivity index (χ0n) is 15.6. The van der Waals surface area contributed by atoms with Gasteiger partial charge in [0.15, 0.2) is 5.82 Å². The van der Waals surface area contributed by atoms with E-state index in [0.29, 0.717) is 44.4 Å². The molecule has 2 aromatic rings. The van der Waals surface area contributed by atoms with Gasteiger partial charge in [-0.05, 0) is 26.5 Å². The maximum Gasteiger partial charge on any atom is 0.226 e. The molecule has 0 spiro atoms. The molecule has 0 aliphatic carbocycles. The Kier molecular flexibility index (Phi) is 5.73. The SMILES string of the molecule is CCCc1nc(CN(C)Cc2cc3n(n2)CCN(S(=O)(=O)CC)C3)no1. The van der Waals surface area contributed by atoms with Crippen molar-refractivity contribution < 1.29 is 12.9 Å². The second kappa shape index (κ2) is 7.85. The average Bonchev–Trinajstić information content (AvgIpc) is 3.20. The molecule has 3 heterocycles. The molecule has 0 saturated carbocycles. The summed E-state index contributed by atoms with van der Waals surface area (Å²) in [6.07, 6.45) is 1.77. The zero-order chi connectivity index (χ0) is 18.7. The van der Waals surface area contributed by atoms with Gasteiger partial charge in [-0.2, -0.15) is 14.4 Å². The number of sulfonamides is 1. The maximum absolute atomic E-state index is 12.1. The summed E-state index contributed by atoms with van der Waals surface area (Å²) in [4.78, 5) is 6.44. The van der Waals surface area contributed by atoms with Crippen molar-refractivity contribution in [3.8, 4) is 0 Å². The lowest BCUT2D eigenvalue weighted by atomic mass is 10.3. The van der Waals surface area contributed by atoms with Crippen molar-refractivity contribution in [2.75, 3.05) is 19.3 Å². The van der Waals surface area contributed by atoms with Gasteiger partial charge < -0.3 is 4.52 Å². The third kappa shape index (κ3) is 4.30. The van der Waals surface area contributed by atoms with E-state index in [2.05, 4.69) is 27.1 Å². The number of aromatic nitrogens is 4. The molecule has 1 aliphatic heterocycles. The summed E-state index contributed by atoms with van der Waals surface area (Å²) in [5.41, 5.74) is 1.84. The summed E-state index contributed by atoms with van der Waals surface area (Å²) < 4.78 is 32.8. The Morgan fingerprint density at radius 1 is 1.27 bits per heavy atom. The van der Waals surface area contributed by atoms with Crippen LogP contribution in [-0.2, 0) is 42.6 Å². The molecule has 144 valence electrons. The third-order valence-electron chi connectivity index (χ3n) is 4.39. The van der Waals surface area contributed by atoms with E-state index >= 15 is 0 Å². The molecule has 26 heavy (non-hydrogen) atoms. The molecule has 10 heteroatoms. The van der Waals surface area contributed by atoms with Gasteiger partial charge in [0.05, 0.1) is 36.8 Å². The second-order valence-corrected chi connectivity index (χ2v) is 8.87. The van der Waals surface area contributed by atoms with Crippen LogP contribution in [0.5, 0.6) is 0 Å². The number of hydrogen-bond acceptors (Lipinski definition) is 7. The smallest absolute Gasteiger partial charge is 0.226 e. The predicted molar refractivity (Wildman–Crippen MR) is 95.6 cm³/mol. The predicted octanol–water partition coefficient (Wildman–Crippen LogP) is 1.02. The Labute approximate surface area is 154 Å². The van der Waals surface area contributed by atoms with Crippen molar-refractivity contribution in [1.82, 2.24) is 29.1 Å². The monoisotopic (exact) mass is 382 g/mol. The fraction of sp³-hybridized carbons (Fsp3) is 0.688. The number of hydrogen-bond donors (Lipinski definition) is 0. The van der Waals surface area contributed by atoms with Crippen molar-refractivity contribution in [1.29, 1.82) is 0 Å². The Balaban J connectivity index is 1.61. The Morgan fingerprint density at radius 2 is 2.08 bits per heavy atom. The first-order chi connectivity index (χ1) is 12.4. The van der Waals surface area contributed by atoms with Gasteiger partial charge in [-0.15, -0.1) is 0 Å². The minimum atomic E-state index is -3.17. The highest BCUT2D eigenvalue weighted by molar-refractivity contribution is 7.89. The summed E-state index contributed by atoms with van der Waals surface area (Å²) in [6, 6.07) is 1.98. The topological polar surface area (TPSA) is 97.4 Å². The van der Waals surface area contributed by atoms with Crippen LogP contribution >= 0.6 is 0 Å². The van der Waals surface area contributed by atoms with Gasteiger partial charge in [-0.3, -0.25) is 9.58 Å². The molecule has 0 N–H and O–H groups in total. The minimum absolute atomic E-state index is 0.126. The van der Waals surface area contributed by atoms with Crippen LogP contribution in [0.15, 0.2) is 10.6 Å². The zero-order valence-corrected chi connectivity index (χ0v) is 16.4. The van der Waals surface area contributed by atoms with Gasteiger partial charge in [0, 0.05) is 19.5 Å². The first-order valence-corrected chi connectivity index (χ1v) is 10.6. The first-order valence-electron chi connectivity index (χ1n) is 8.94. The molecule has 0 fully saturated rings. The van der Waals surface area contributed by atoms with Crippen LogP contribution in [0.2, 0.25) is 0 Å². The molecule has 0 saturated heterocycles. The summed E-state index contributed by atoms with van der Waals surface area (Å²) in [5, 5.41) is 8.60. The molecule has 0 aromatic carbocycles. The van der Waals surface area contributed by atoms with Crippen molar-refractivity contribution in [2.45, 2.75) is 52.9 Å². The molecule has 3 rings (SSSR count). The van der Waals surface area contributed by atoms with Crippen LogP contribution in [-0.4, -0.2) is 56.9 Å². The van der Waals surface area contributed by atoms with Crippen LogP contribution in [0.4, 0.5) is 0 Å². The molecule has 0 amide bonds. The quantitative estimate of drug-likeness (QED) is 0.672. The molecule has 2 aromatic heterocycles. The van der Waals surface area contributed by atoms with E-state index in [4.69, 9.17) is 4.52 Å². The molecule has 0 unspecified atom stereocenters. The number of nitrogens with zero attached hydrogens (tertiary/aromatic N) is 6. The minimum Gasteiger partial charge on any atom is -0.339 e. The van der Waals surface area contributed by atoms with E-state index in [0.717, 1.165) is 24.2 Å². The number of aryl methyl sites for hydroxylation is 1. The Bertz CT molecular complexity index is 844. The van der Waals surface area contributed by atoms with Crippen LogP contribution in [0.25, 0.3) is 0 Å². The number of rotatable bonds is 8. The fourth-order valence-electron chi connectivity index (χ4n) is 3.04. The van der Waals surface area contributed by atoms with Gasteiger partial charge in [0.2, 0.25) is 15.9 Å². The fourth-order valence-corrected chi connectivity index (χ4v) is 4.10. The van der Waals surface area contributed by atoms with E-state index in [-0.39, 0.29) is 5.75 Å². The van der Waals surface area contributed by atoms with Gasteiger partial charge in [0.25, 0.3) is 0 Å². The third-order valence-corrected chi connectivity index (χ3v) is 6.22. The molecular weight excluding hydrogens is 356 g/mol. The van der Waals surface area contributed by atoms with Crippen molar-refractivity contribution in [3.05, 3.63) is 29.2 Å². The standard InChI is InChI=1S/C16H26N6O3S/c1-4-6-16-17-15(19-25-16)12-20(3)10-13-9-14-11-21(26(23,24)5-2)7-8-22(14)18-13/h9H,4-8,10-12H2,1-3H3. The summed E-state index contributed by atoms with van der Waals surface area (Å²) >= 11 is 0. The van der Waals surface area contributed by atoms with E-state index < -0.39 is 10.0 Å². The highest BCUT2D eigenvalue weighted by atomic mass is 32.2. The molecule has 0 atom stereocenters. The molecule has 0 radical (unpaired) electrons. The summed E-state index contributed by atoms with van der Waals surface area (Å²) in [5.74, 6) is 1.47. The van der Waals surface area contributed by atoms with E-state index in [1.165, 1.54) is 4.31 Å². The van der Waals surface area contributed by atoms with Crippen LogP contribution in [0, 0.1) is 0 Å². The summed E-state index contributed by atoms with van der Waals surface area (Å²) in [7, 11) is -1.19. The van der Waals surface area contributed by atoms with Gasteiger partial charge >= 0.3 is 0 Å². The lowest BCUT2D eigenvalue weighted by molar-refractivity contribution is 0.293. The van der Waals surface area contributed by atoms with E-state index in [1.807, 2.05) is 17.8 Å². The van der Waals surface area contributed by atoms with Crippen LogP contribution in [0.3, 0.4) is 0 Å². The normalized spacial score (nSPS) is 15.5. The lowest BCUT2D eigenvalue weighted by Crippen LogP contribution is -2.39. The number of fused-ring (bicyclic) bond motifs is 1. The second-order valence-electron chi connectivity index (χ2n) is 6.61. The van der Waals surface area contributed by atoms with Crippen LogP contribution in [0.1, 0.15) is 43.4 Å².